The van der Waals surface area contributed by atoms with Crippen LogP contribution >= 0.6 is 0 Å². The average molecular weight is 677 g/mol. The molecule has 2 atom stereocenters. The molecule has 0 fully saturated rings. The number of carboxylic acid groups (broad SMARTS) is 1. The zero-order valence-electron chi connectivity index (χ0n) is 27.1. The number of aliphatic carboxylic acids is 1. The van der Waals surface area contributed by atoms with Crippen molar-refractivity contribution >= 4 is 35.8 Å². The molecule has 0 saturated carbocycles. The Labute approximate surface area is 282 Å². The van der Waals surface area contributed by atoms with Gasteiger partial charge in [-0.1, -0.05) is 66.7 Å². The van der Waals surface area contributed by atoms with E-state index in [1.54, 1.807) is 20.8 Å². The zero-order chi connectivity index (χ0) is 35.7. The van der Waals surface area contributed by atoms with E-state index in [0.717, 1.165) is 22.3 Å². The molecule has 1 aliphatic carbocycles. The number of carbonyl (C=O) groups is 4. The molecule has 0 saturated heterocycles. The summed E-state index contributed by atoms with van der Waals surface area (Å²) in [7, 11) is 0. The van der Waals surface area contributed by atoms with Gasteiger partial charge in [-0.15, -0.1) is 0 Å². The Kier molecular flexibility index (Phi) is 11.8. The molecule has 15 nitrogen and oxygen atoms in total. The van der Waals surface area contributed by atoms with Gasteiger partial charge < -0.3 is 40.8 Å². The number of carbonyl (C=O) groups excluding carboxylic acids is 3. The molecule has 0 aromatic heterocycles. The Morgan fingerprint density at radius 2 is 1.55 bits per heavy atom. The van der Waals surface area contributed by atoms with Crippen molar-refractivity contribution in [3.63, 3.8) is 0 Å². The van der Waals surface area contributed by atoms with Crippen LogP contribution in [0.15, 0.2) is 77.8 Å². The summed E-state index contributed by atoms with van der Waals surface area (Å²) in [5, 5.41) is 34.8. The van der Waals surface area contributed by atoms with E-state index in [-0.39, 0.29) is 43.2 Å². The second-order valence-corrected chi connectivity index (χ2v) is 12.0. The Morgan fingerprint density at radius 1 is 0.959 bits per heavy atom. The average Bonchev–Trinajstić information content (AvgIpc) is 3.36. The number of carboxylic acids is 1. The third-order valence-electron chi connectivity index (χ3n) is 7.37. The number of benzene rings is 3. The molecule has 4 rings (SSSR count). The fourth-order valence-electron chi connectivity index (χ4n) is 5.29. The first-order valence-electron chi connectivity index (χ1n) is 15.3. The standard InChI is InChI=1S/C34H38N5O10/c1-34(2,3)49-30(42)28(24-15-8-9-17-27(24)39(45)46)48-33(44)38-31(35)36-18-10-16-26(29(40)41)37-32(43)47-19-25-22-13-6-4-11-20(22)21-12-5-7-14-23(21)25/h4-9,11-15,17,25-26,28,45H,10,16,18-19H2,1-3H3,(H,37,43)(H,40,41)(H3,35,36,38,44)/q-1/t26-,28?/m0/s1. The largest absolute Gasteiger partial charge is 0.733 e. The molecule has 1 aliphatic rings. The smallest absolute Gasteiger partial charge is 0.415 e. The highest BCUT2D eigenvalue weighted by molar-refractivity contribution is 5.94. The van der Waals surface area contributed by atoms with Crippen LogP contribution in [-0.4, -0.2) is 65.2 Å². The number of ether oxygens (including phenoxy) is 3. The number of anilines is 1. The first-order chi connectivity index (χ1) is 23.2. The van der Waals surface area contributed by atoms with Gasteiger partial charge in [-0.2, -0.15) is 0 Å². The van der Waals surface area contributed by atoms with Crippen molar-refractivity contribution in [1.82, 2.24) is 10.6 Å². The third kappa shape index (κ3) is 9.68. The van der Waals surface area contributed by atoms with Crippen LogP contribution < -0.4 is 21.6 Å². The lowest BCUT2D eigenvalue weighted by atomic mass is 9.98. The molecular formula is C34H38N5O10-. The highest BCUT2D eigenvalue weighted by atomic mass is 16.8. The summed E-state index contributed by atoms with van der Waals surface area (Å²) >= 11 is 0. The zero-order valence-corrected chi connectivity index (χ0v) is 27.1. The van der Waals surface area contributed by atoms with E-state index in [9.17, 15) is 34.7 Å². The second-order valence-electron chi connectivity index (χ2n) is 12.0. The number of guanidine groups is 1. The van der Waals surface area contributed by atoms with E-state index < -0.39 is 53.1 Å². The van der Waals surface area contributed by atoms with Crippen molar-refractivity contribution in [2.75, 3.05) is 18.4 Å². The number of hydrogen-bond acceptors (Lipinski definition) is 11. The second kappa shape index (κ2) is 16.0. The number of nitrogens with zero attached hydrogens (tertiary/aromatic N) is 2. The van der Waals surface area contributed by atoms with Gasteiger partial charge in [-0.05, 0) is 61.9 Å². The molecule has 3 aromatic carbocycles. The molecule has 0 heterocycles. The SMILES string of the molecule is CC(C)(C)OC(=O)C(OC(=O)NC(N)=NCCC[C@H](NC(=O)OCC1c2ccccc2-c2ccccc21)C(=O)O)c1ccccc1N([O-])O. The fourth-order valence-corrected chi connectivity index (χ4v) is 5.29. The summed E-state index contributed by atoms with van der Waals surface area (Å²) in [5.74, 6) is -2.90. The lowest BCUT2D eigenvalue weighted by molar-refractivity contribution is -0.165. The van der Waals surface area contributed by atoms with Crippen molar-refractivity contribution in [3.05, 3.63) is 94.7 Å². The highest BCUT2D eigenvalue weighted by Gasteiger charge is 2.33. The van der Waals surface area contributed by atoms with Gasteiger partial charge in [0, 0.05) is 18.0 Å². The molecule has 260 valence electrons. The van der Waals surface area contributed by atoms with Gasteiger partial charge in [0.05, 0.1) is 5.69 Å². The van der Waals surface area contributed by atoms with E-state index in [1.165, 1.54) is 24.3 Å². The van der Waals surface area contributed by atoms with Crippen LogP contribution in [0.25, 0.3) is 11.1 Å². The van der Waals surface area contributed by atoms with Gasteiger partial charge in [0.15, 0.2) is 5.96 Å². The van der Waals surface area contributed by atoms with Crippen LogP contribution in [0.1, 0.15) is 62.3 Å². The van der Waals surface area contributed by atoms with Crippen LogP contribution in [0.4, 0.5) is 15.3 Å². The number of alkyl carbamates (subject to hydrolysis) is 2. The van der Waals surface area contributed by atoms with E-state index in [0.29, 0.717) is 0 Å². The minimum absolute atomic E-state index is 0.0182. The van der Waals surface area contributed by atoms with Crippen LogP contribution in [0.2, 0.25) is 0 Å². The number of rotatable bonds is 12. The first kappa shape index (κ1) is 36.2. The van der Waals surface area contributed by atoms with Crippen LogP contribution in [0.5, 0.6) is 0 Å². The van der Waals surface area contributed by atoms with Crippen molar-refractivity contribution < 1.29 is 43.7 Å². The molecule has 1 unspecified atom stereocenters. The number of nitrogens with one attached hydrogen (secondary N) is 2. The lowest BCUT2D eigenvalue weighted by Crippen LogP contribution is -2.41. The number of amides is 2. The predicted octanol–water partition coefficient (Wildman–Crippen LogP) is 4.58. The number of fused-ring (bicyclic) bond motifs is 3. The normalized spacial score (nSPS) is 13.7. The maximum Gasteiger partial charge on any atom is 0.415 e. The summed E-state index contributed by atoms with van der Waals surface area (Å²) < 4.78 is 16.0. The molecule has 6 N–H and O–H groups in total. The van der Waals surface area contributed by atoms with Gasteiger partial charge in [-0.25, -0.2) is 19.2 Å². The quantitative estimate of drug-likeness (QED) is 0.0444. The Hall–Kier alpha value is -5.67. The van der Waals surface area contributed by atoms with Gasteiger partial charge >= 0.3 is 24.1 Å². The Balaban J connectivity index is 1.29. The maximum atomic E-state index is 12.9. The topological polar surface area (TPSA) is 225 Å². The number of para-hydroxylation sites is 1. The number of aliphatic imine (C=N–C) groups is 1. The van der Waals surface area contributed by atoms with E-state index in [1.807, 2.05) is 48.5 Å². The molecule has 0 radical (unpaired) electrons. The van der Waals surface area contributed by atoms with Crippen LogP contribution in [-0.2, 0) is 23.8 Å². The van der Waals surface area contributed by atoms with Crippen molar-refractivity contribution in [1.29, 1.82) is 0 Å². The van der Waals surface area contributed by atoms with Crippen molar-refractivity contribution in [2.24, 2.45) is 10.7 Å². The fraction of sp³-hybridized carbons (Fsp3) is 0.324. The van der Waals surface area contributed by atoms with E-state index in [4.69, 9.17) is 19.9 Å². The molecular weight excluding hydrogens is 638 g/mol. The minimum Gasteiger partial charge on any atom is -0.733 e. The molecule has 0 aliphatic heterocycles. The summed E-state index contributed by atoms with van der Waals surface area (Å²) in [6, 6.07) is 19.8. The minimum atomic E-state index is -1.76. The predicted molar refractivity (Wildman–Crippen MR) is 178 cm³/mol. The summed E-state index contributed by atoms with van der Waals surface area (Å²) in [6.45, 7) is 4.74. The number of hydrogen-bond donors (Lipinski definition) is 5. The molecule has 0 bridgehead atoms. The molecule has 49 heavy (non-hydrogen) atoms. The van der Waals surface area contributed by atoms with Gasteiger partial charge in [0.2, 0.25) is 6.10 Å². The number of esters is 1. The van der Waals surface area contributed by atoms with Gasteiger partial charge in [0.25, 0.3) is 0 Å². The van der Waals surface area contributed by atoms with Gasteiger partial charge in [-0.3, -0.25) is 15.5 Å². The molecule has 2 amide bonds. The van der Waals surface area contributed by atoms with E-state index in [2.05, 4.69) is 15.6 Å². The van der Waals surface area contributed by atoms with Crippen LogP contribution in [0, 0.1) is 5.21 Å². The summed E-state index contributed by atoms with van der Waals surface area (Å²) in [6.07, 6.45) is -3.76. The highest BCUT2D eigenvalue weighted by Crippen LogP contribution is 2.44. The van der Waals surface area contributed by atoms with Crippen molar-refractivity contribution in [2.45, 2.75) is 57.3 Å². The lowest BCUT2D eigenvalue weighted by Gasteiger charge is -2.29. The molecule has 0 spiro atoms. The summed E-state index contributed by atoms with van der Waals surface area (Å²) in [4.78, 5) is 53.9. The van der Waals surface area contributed by atoms with Crippen LogP contribution in [0.3, 0.4) is 0 Å². The summed E-state index contributed by atoms with van der Waals surface area (Å²) in [5.41, 5.74) is 8.46. The third-order valence-corrected chi connectivity index (χ3v) is 7.37. The monoisotopic (exact) mass is 676 g/mol. The number of nitrogens with two attached hydrogens (primary N) is 1. The van der Waals surface area contributed by atoms with Crippen molar-refractivity contribution in [3.8, 4) is 11.1 Å². The Morgan fingerprint density at radius 3 is 2.14 bits per heavy atom. The van der Waals surface area contributed by atoms with E-state index >= 15 is 0 Å². The molecule has 3 aromatic rings. The van der Waals surface area contributed by atoms with Gasteiger partial charge in [0.1, 0.15) is 18.2 Å². The maximum absolute atomic E-state index is 12.9. The first-order valence-corrected chi connectivity index (χ1v) is 15.3. The Bertz CT molecular complexity index is 1660. The molecule has 15 heteroatoms.